The molecule has 84 valence electrons. The third-order valence-corrected chi connectivity index (χ3v) is 2.75. The molecule has 0 saturated carbocycles. The number of hydrogen-bond donors (Lipinski definition) is 0. The second-order valence-corrected chi connectivity index (χ2v) is 5.20. The van der Waals surface area contributed by atoms with Crippen LogP contribution >= 0.6 is 0 Å². The van der Waals surface area contributed by atoms with Gasteiger partial charge in [-0.05, 0) is 16.5 Å². The highest BCUT2D eigenvalue weighted by Gasteiger charge is 2.18. The molecule has 16 heavy (non-hydrogen) atoms. The molecule has 0 aliphatic rings. The van der Waals surface area contributed by atoms with Crippen LogP contribution in [-0.2, 0) is 12.5 Å². The fourth-order valence-corrected chi connectivity index (χ4v) is 1.95. The van der Waals surface area contributed by atoms with Gasteiger partial charge in [0.05, 0.1) is 6.20 Å². The van der Waals surface area contributed by atoms with Crippen LogP contribution in [-0.4, -0.2) is 9.78 Å². The SMILES string of the molecule is Cn1cc(-c2ccccc2C(C)(C)C)cn1. The Morgan fingerprint density at radius 3 is 2.38 bits per heavy atom. The van der Waals surface area contributed by atoms with Crippen LogP contribution in [0.25, 0.3) is 11.1 Å². The molecule has 2 aromatic rings. The summed E-state index contributed by atoms with van der Waals surface area (Å²) in [5, 5.41) is 4.23. The van der Waals surface area contributed by atoms with Crippen molar-refractivity contribution in [2.24, 2.45) is 7.05 Å². The van der Waals surface area contributed by atoms with E-state index in [0.29, 0.717) is 0 Å². The monoisotopic (exact) mass is 214 g/mol. The van der Waals surface area contributed by atoms with E-state index in [1.807, 2.05) is 17.9 Å². The van der Waals surface area contributed by atoms with E-state index in [1.165, 1.54) is 16.7 Å². The van der Waals surface area contributed by atoms with E-state index in [9.17, 15) is 0 Å². The van der Waals surface area contributed by atoms with Crippen molar-refractivity contribution in [3.8, 4) is 11.1 Å². The first-order chi connectivity index (χ1) is 7.48. The predicted octanol–water partition coefficient (Wildman–Crippen LogP) is 3.38. The van der Waals surface area contributed by atoms with Crippen molar-refractivity contribution in [1.82, 2.24) is 9.78 Å². The maximum atomic E-state index is 4.23. The summed E-state index contributed by atoms with van der Waals surface area (Å²) in [6.45, 7) is 6.71. The van der Waals surface area contributed by atoms with Crippen LogP contribution in [0.4, 0.5) is 0 Å². The van der Waals surface area contributed by atoms with Crippen LogP contribution in [0, 0.1) is 0 Å². The lowest BCUT2D eigenvalue weighted by molar-refractivity contribution is 0.592. The van der Waals surface area contributed by atoms with Crippen molar-refractivity contribution >= 4 is 0 Å². The molecule has 0 bridgehead atoms. The van der Waals surface area contributed by atoms with Crippen molar-refractivity contribution in [3.63, 3.8) is 0 Å². The fourth-order valence-electron chi connectivity index (χ4n) is 1.95. The highest BCUT2D eigenvalue weighted by molar-refractivity contribution is 5.67. The zero-order valence-corrected chi connectivity index (χ0v) is 10.4. The average Bonchev–Trinajstić information content (AvgIpc) is 2.64. The molecule has 0 spiro atoms. The fraction of sp³-hybridized carbons (Fsp3) is 0.357. The smallest absolute Gasteiger partial charge is 0.0568 e. The van der Waals surface area contributed by atoms with Gasteiger partial charge in [0, 0.05) is 18.8 Å². The first-order valence-electron chi connectivity index (χ1n) is 5.57. The molecule has 0 fully saturated rings. The van der Waals surface area contributed by atoms with Crippen molar-refractivity contribution in [2.75, 3.05) is 0 Å². The summed E-state index contributed by atoms with van der Waals surface area (Å²) < 4.78 is 1.84. The van der Waals surface area contributed by atoms with Crippen LogP contribution < -0.4 is 0 Å². The average molecular weight is 214 g/mol. The Balaban J connectivity index is 2.57. The van der Waals surface area contributed by atoms with Gasteiger partial charge >= 0.3 is 0 Å². The molecule has 0 aliphatic heterocycles. The minimum atomic E-state index is 0.159. The Hall–Kier alpha value is -1.57. The summed E-state index contributed by atoms with van der Waals surface area (Å²) in [6, 6.07) is 8.54. The molecule has 2 rings (SSSR count). The van der Waals surface area contributed by atoms with E-state index in [1.54, 1.807) is 0 Å². The molecular formula is C14H18N2. The van der Waals surface area contributed by atoms with Gasteiger partial charge in [0.2, 0.25) is 0 Å². The van der Waals surface area contributed by atoms with Crippen molar-refractivity contribution in [2.45, 2.75) is 26.2 Å². The van der Waals surface area contributed by atoms with E-state index in [0.717, 1.165) is 0 Å². The molecule has 0 aliphatic carbocycles. The van der Waals surface area contributed by atoms with Gasteiger partial charge in [0.1, 0.15) is 0 Å². The minimum Gasteiger partial charge on any atom is -0.275 e. The molecule has 0 radical (unpaired) electrons. The predicted molar refractivity (Wildman–Crippen MR) is 67.3 cm³/mol. The second kappa shape index (κ2) is 3.78. The number of benzene rings is 1. The molecule has 1 aromatic carbocycles. The standard InChI is InChI=1S/C14H18N2/c1-14(2,3)13-8-6-5-7-12(13)11-9-15-16(4)10-11/h5-10H,1-4H3. The highest BCUT2D eigenvalue weighted by Crippen LogP contribution is 2.32. The Bertz CT molecular complexity index is 489. The summed E-state index contributed by atoms with van der Waals surface area (Å²) in [5.41, 5.74) is 3.99. The van der Waals surface area contributed by atoms with Gasteiger partial charge in [-0.2, -0.15) is 5.10 Å². The molecule has 0 amide bonds. The minimum absolute atomic E-state index is 0.159. The van der Waals surface area contributed by atoms with Crippen molar-refractivity contribution < 1.29 is 0 Å². The molecule has 2 heteroatoms. The second-order valence-electron chi connectivity index (χ2n) is 5.20. The lowest BCUT2D eigenvalue weighted by Crippen LogP contribution is -2.12. The molecule has 1 heterocycles. The van der Waals surface area contributed by atoms with Crippen LogP contribution in [0.3, 0.4) is 0 Å². The Morgan fingerprint density at radius 1 is 1.12 bits per heavy atom. The molecule has 1 aromatic heterocycles. The summed E-state index contributed by atoms with van der Waals surface area (Å²) in [7, 11) is 1.95. The maximum Gasteiger partial charge on any atom is 0.0568 e. The van der Waals surface area contributed by atoms with Crippen molar-refractivity contribution in [3.05, 3.63) is 42.2 Å². The van der Waals surface area contributed by atoms with E-state index in [-0.39, 0.29) is 5.41 Å². The van der Waals surface area contributed by atoms with E-state index in [2.05, 4.69) is 56.3 Å². The lowest BCUT2D eigenvalue weighted by Gasteiger charge is -2.22. The van der Waals surface area contributed by atoms with Gasteiger partial charge in [0.15, 0.2) is 0 Å². The Labute approximate surface area is 96.9 Å². The summed E-state index contributed by atoms with van der Waals surface area (Å²) in [6.07, 6.45) is 3.98. The normalized spacial score (nSPS) is 11.8. The summed E-state index contributed by atoms with van der Waals surface area (Å²) in [4.78, 5) is 0. The van der Waals surface area contributed by atoms with Crippen molar-refractivity contribution in [1.29, 1.82) is 0 Å². The first-order valence-corrected chi connectivity index (χ1v) is 5.57. The topological polar surface area (TPSA) is 17.8 Å². The van der Waals surface area contributed by atoms with Crippen LogP contribution in [0.5, 0.6) is 0 Å². The largest absolute Gasteiger partial charge is 0.275 e. The summed E-state index contributed by atoms with van der Waals surface area (Å²) >= 11 is 0. The molecule has 0 unspecified atom stereocenters. The number of hydrogen-bond acceptors (Lipinski definition) is 1. The van der Waals surface area contributed by atoms with Gasteiger partial charge in [-0.15, -0.1) is 0 Å². The highest BCUT2D eigenvalue weighted by atomic mass is 15.2. The number of nitrogens with zero attached hydrogens (tertiary/aromatic N) is 2. The van der Waals surface area contributed by atoms with E-state index in [4.69, 9.17) is 0 Å². The number of rotatable bonds is 1. The summed E-state index contributed by atoms with van der Waals surface area (Å²) in [5.74, 6) is 0. The molecule has 0 atom stereocenters. The van der Waals surface area contributed by atoms with Gasteiger partial charge in [0.25, 0.3) is 0 Å². The van der Waals surface area contributed by atoms with Gasteiger partial charge in [-0.3, -0.25) is 4.68 Å². The third kappa shape index (κ3) is 2.01. The Kier molecular flexibility index (Phi) is 2.58. The zero-order chi connectivity index (χ0) is 11.8. The quantitative estimate of drug-likeness (QED) is 0.711. The van der Waals surface area contributed by atoms with Gasteiger partial charge in [-0.1, -0.05) is 45.0 Å². The van der Waals surface area contributed by atoms with Crippen LogP contribution in [0.1, 0.15) is 26.3 Å². The molecule has 0 N–H and O–H groups in total. The Morgan fingerprint density at radius 2 is 1.81 bits per heavy atom. The van der Waals surface area contributed by atoms with Crippen LogP contribution in [0.15, 0.2) is 36.7 Å². The molecule has 2 nitrogen and oxygen atoms in total. The molecule has 0 saturated heterocycles. The van der Waals surface area contributed by atoms with E-state index < -0.39 is 0 Å². The zero-order valence-electron chi connectivity index (χ0n) is 10.4. The van der Waals surface area contributed by atoms with Gasteiger partial charge in [-0.25, -0.2) is 0 Å². The maximum absolute atomic E-state index is 4.23. The number of aryl methyl sites for hydroxylation is 1. The third-order valence-electron chi connectivity index (χ3n) is 2.75. The van der Waals surface area contributed by atoms with Crippen LogP contribution in [0.2, 0.25) is 0 Å². The lowest BCUT2D eigenvalue weighted by atomic mass is 9.82. The first kappa shape index (κ1) is 10.9. The van der Waals surface area contributed by atoms with E-state index >= 15 is 0 Å². The molecular weight excluding hydrogens is 196 g/mol. The van der Waals surface area contributed by atoms with Gasteiger partial charge < -0.3 is 0 Å². The number of aromatic nitrogens is 2.